The fraction of sp³-hybridized carbons (Fsp3) is 0.191. The second-order valence-corrected chi connectivity index (χ2v) is 15.0. The average Bonchev–Trinajstić information content (AvgIpc) is 3.86. The van der Waals surface area contributed by atoms with Crippen LogP contribution in [0.1, 0.15) is 70.8 Å². The number of aryl methyl sites for hydroxylation is 2. The van der Waals surface area contributed by atoms with Crippen molar-refractivity contribution in [3.05, 3.63) is 199 Å². The summed E-state index contributed by atoms with van der Waals surface area (Å²) in [4.78, 5) is 29.5. The van der Waals surface area contributed by atoms with Crippen LogP contribution in [0.15, 0.2) is 138 Å². The maximum Gasteiger partial charge on any atom is 0.419 e. The lowest BCUT2D eigenvalue weighted by atomic mass is 10.0. The van der Waals surface area contributed by atoms with Crippen LogP contribution in [0, 0.1) is 13.8 Å². The molecule has 0 aliphatic carbocycles. The third kappa shape index (κ3) is 9.24. The number of amides is 2. The van der Waals surface area contributed by atoms with Gasteiger partial charge in [0.15, 0.2) is 0 Å². The van der Waals surface area contributed by atoms with Crippen LogP contribution in [0.5, 0.6) is 11.5 Å². The van der Waals surface area contributed by atoms with Gasteiger partial charge in [0.2, 0.25) is 0 Å². The van der Waals surface area contributed by atoms with Gasteiger partial charge in [0.25, 0.3) is 11.8 Å². The third-order valence-corrected chi connectivity index (χ3v) is 10.7. The van der Waals surface area contributed by atoms with E-state index in [0.717, 1.165) is 44.1 Å². The highest BCUT2D eigenvalue weighted by molar-refractivity contribution is 9.10. The number of carbonyl (C=O) groups excluding carboxylic acids is 2. The maximum absolute atomic E-state index is 13.7. The molecule has 0 saturated heterocycles. The molecule has 0 aromatic heterocycles. The second-order valence-electron chi connectivity index (χ2n) is 14.2. The van der Waals surface area contributed by atoms with Gasteiger partial charge in [0.1, 0.15) is 24.7 Å². The number of hydrogen-bond acceptors (Lipinski definition) is 4. The van der Waals surface area contributed by atoms with Crippen molar-refractivity contribution in [2.24, 2.45) is 0 Å². The van der Waals surface area contributed by atoms with Crippen LogP contribution in [-0.4, -0.2) is 21.6 Å². The number of benzene rings is 6. The molecular weight excluding hydrogens is 793 g/mol. The summed E-state index contributed by atoms with van der Waals surface area (Å²) in [5.74, 6) is 0.116. The van der Waals surface area contributed by atoms with E-state index in [1.807, 2.05) is 96.8 Å². The first-order valence-corrected chi connectivity index (χ1v) is 19.3. The van der Waals surface area contributed by atoms with Gasteiger partial charge >= 0.3 is 6.18 Å². The first-order chi connectivity index (χ1) is 27.4. The van der Waals surface area contributed by atoms with E-state index in [1.54, 1.807) is 36.1 Å². The number of hydrogen-bond donors (Lipinski definition) is 0. The molecule has 2 amide bonds. The number of halogens is 4. The predicted octanol–water partition coefficient (Wildman–Crippen LogP) is 11.2. The Morgan fingerprint density at radius 3 is 1.35 bits per heavy atom. The SMILES string of the molecule is Cc1cc(OCc2ccccc2)c(Br)cc1C(=O)N1Cc2ccccc2C1.Cc1cc(OCc2ccccc2)c(C(F)(F)F)cc1C(=O)N1Cc2ccccc2C1. The molecule has 0 atom stereocenters. The van der Waals surface area contributed by atoms with Gasteiger partial charge in [-0.2, -0.15) is 13.2 Å². The van der Waals surface area contributed by atoms with Crippen LogP contribution in [0.3, 0.4) is 0 Å². The van der Waals surface area contributed by atoms with Crippen LogP contribution in [-0.2, 0) is 45.6 Å². The molecule has 2 aliphatic heterocycles. The molecule has 290 valence electrons. The van der Waals surface area contributed by atoms with Crippen LogP contribution in [0.2, 0.25) is 0 Å². The summed E-state index contributed by atoms with van der Waals surface area (Å²) < 4.78 is 53.4. The molecule has 0 spiro atoms. The maximum atomic E-state index is 13.7. The van der Waals surface area contributed by atoms with Crippen LogP contribution in [0.25, 0.3) is 0 Å². The van der Waals surface area contributed by atoms with E-state index in [4.69, 9.17) is 9.47 Å². The van der Waals surface area contributed by atoms with Gasteiger partial charge in [-0.3, -0.25) is 9.59 Å². The monoisotopic (exact) mass is 832 g/mol. The van der Waals surface area contributed by atoms with Crippen molar-refractivity contribution in [1.29, 1.82) is 0 Å². The van der Waals surface area contributed by atoms with E-state index in [9.17, 15) is 22.8 Å². The molecule has 2 aliphatic rings. The highest BCUT2D eigenvalue weighted by Gasteiger charge is 2.37. The minimum Gasteiger partial charge on any atom is -0.488 e. The number of fused-ring (bicyclic) bond motifs is 2. The van der Waals surface area contributed by atoms with Crippen molar-refractivity contribution in [2.75, 3.05) is 0 Å². The van der Waals surface area contributed by atoms with Crippen molar-refractivity contribution in [3.63, 3.8) is 0 Å². The number of ether oxygens (including phenoxy) is 2. The smallest absolute Gasteiger partial charge is 0.419 e. The zero-order chi connectivity index (χ0) is 40.1. The van der Waals surface area contributed by atoms with Crippen LogP contribution in [0.4, 0.5) is 13.2 Å². The zero-order valence-electron chi connectivity index (χ0n) is 31.5. The van der Waals surface area contributed by atoms with Gasteiger partial charge in [-0.25, -0.2) is 0 Å². The summed E-state index contributed by atoms with van der Waals surface area (Å²) >= 11 is 3.56. The van der Waals surface area contributed by atoms with Gasteiger partial charge < -0.3 is 19.3 Å². The van der Waals surface area contributed by atoms with E-state index < -0.39 is 17.6 Å². The van der Waals surface area contributed by atoms with E-state index in [2.05, 4.69) is 28.1 Å². The third-order valence-electron chi connectivity index (χ3n) is 10.1. The summed E-state index contributed by atoms with van der Waals surface area (Å²) in [5.41, 5.74) is 7.54. The van der Waals surface area contributed by atoms with E-state index in [-0.39, 0.29) is 23.8 Å². The molecule has 2 heterocycles. The molecule has 0 unspecified atom stereocenters. The number of carbonyl (C=O) groups is 2. The Kier molecular flexibility index (Phi) is 11.8. The van der Waals surface area contributed by atoms with Gasteiger partial charge in [-0.05, 0) is 98.6 Å². The molecule has 57 heavy (non-hydrogen) atoms. The largest absolute Gasteiger partial charge is 0.488 e. The van der Waals surface area contributed by atoms with Crippen molar-refractivity contribution in [2.45, 2.75) is 59.4 Å². The Balaban J connectivity index is 0.000000175. The molecule has 0 radical (unpaired) electrons. The lowest BCUT2D eigenvalue weighted by Crippen LogP contribution is -2.26. The Morgan fingerprint density at radius 1 is 0.561 bits per heavy atom. The predicted molar refractivity (Wildman–Crippen MR) is 217 cm³/mol. The normalized spacial score (nSPS) is 13.0. The molecule has 0 saturated carbocycles. The Morgan fingerprint density at radius 2 is 0.930 bits per heavy atom. The first kappa shape index (κ1) is 39.4. The highest BCUT2D eigenvalue weighted by Crippen LogP contribution is 2.39. The van der Waals surface area contributed by atoms with Crippen LogP contribution < -0.4 is 9.47 Å². The Labute approximate surface area is 338 Å². The molecule has 0 bridgehead atoms. The van der Waals surface area contributed by atoms with Crippen molar-refractivity contribution < 1.29 is 32.2 Å². The zero-order valence-corrected chi connectivity index (χ0v) is 33.1. The van der Waals surface area contributed by atoms with E-state index >= 15 is 0 Å². The summed E-state index contributed by atoms with van der Waals surface area (Å²) in [5, 5.41) is 0. The quantitative estimate of drug-likeness (QED) is 0.153. The lowest BCUT2D eigenvalue weighted by Gasteiger charge is -2.20. The van der Waals surface area contributed by atoms with Crippen molar-refractivity contribution >= 4 is 27.7 Å². The Bertz CT molecular complexity index is 2350. The molecule has 6 aromatic rings. The average molecular weight is 834 g/mol. The highest BCUT2D eigenvalue weighted by atomic mass is 79.9. The fourth-order valence-corrected chi connectivity index (χ4v) is 7.47. The molecule has 6 aromatic carbocycles. The van der Waals surface area contributed by atoms with Crippen molar-refractivity contribution in [3.8, 4) is 11.5 Å². The minimum absolute atomic E-state index is 0.0120. The van der Waals surface area contributed by atoms with E-state index in [1.165, 1.54) is 17.2 Å². The molecule has 0 fully saturated rings. The molecule has 0 N–H and O–H groups in total. The topological polar surface area (TPSA) is 59.1 Å². The van der Waals surface area contributed by atoms with Gasteiger partial charge in [-0.15, -0.1) is 0 Å². The second kappa shape index (κ2) is 17.1. The summed E-state index contributed by atoms with van der Waals surface area (Å²) in [6, 6.07) is 40.9. The van der Waals surface area contributed by atoms with Crippen LogP contribution >= 0.6 is 15.9 Å². The fourth-order valence-electron chi connectivity index (χ4n) is 7.01. The van der Waals surface area contributed by atoms with Gasteiger partial charge in [-0.1, -0.05) is 109 Å². The summed E-state index contributed by atoms with van der Waals surface area (Å²) in [6.07, 6.45) is -4.64. The summed E-state index contributed by atoms with van der Waals surface area (Å²) in [7, 11) is 0. The van der Waals surface area contributed by atoms with Gasteiger partial charge in [0, 0.05) is 37.3 Å². The molecule has 10 heteroatoms. The Hall–Kier alpha value is -5.87. The van der Waals surface area contributed by atoms with Gasteiger partial charge in [0.05, 0.1) is 10.0 Å². The standard InChI is InChI=1S/C24H20F3NO2.C23H20BrNO2/c1-16-11-22(30-15-17-7-3-2-4-8-17)21(24(25,26)27)12-20(16)23(29)28-13-18-9-5-6-10-19(18)14-28;1-16-11-22(27-15-17-7-3-2-4-8-17)21(24)12-20(16)23(26)25-13-18-9-5-6-10-19(18)14-25/h2-12H,13-15H2,1H3;2-12H,13-15H2,1H3. The first-order valence-electron chi connectivity index (χ1n) is 18.5. The number of nitrogens with zero attached hydrogens (tertiary/aromatic N) is 2. The molecular formula is C47H40BrF3N2O4. The lowest BCUT2D eigenvalue weighted by molar-refractivity contribution is -0.139. The number of alkyl halides is 3. The van der Waals surface area contributed by atoms with Crippen molar-refractivity contribution in [1.82, 2.24) is 9.80 Å². The number of rotatable bonds is 8. The molecule has 8 rings (SSSR count). The molecule has 6 nitrogen and oxygen atoms in total. The van der Waals surface area contributed by atoms with E-state index in [0.29, 0.717) is 43.9 Å². The summed E-state index contributed by atoms with van der Waals surface area (Å²) in [6.45, 7) is 6.21. The minimum atomic E-state index is -4.64.